The third kappa shape index (κ3) is 6.98. The van der Waals surface area contributed by atoms with E-state index in [4.69, 9.17) is 0 Å². The minimum Gasteiger partial charge on any atom is -0.345 e. The number of aromatic amines is 1. The maximum atomic E-state index is 13.7. The molecule has 0 bridgehead atoms. The summed E-state index contributed by atoms with van der Waals surface area (Å²) in [6, 6.07) is 21.7. The molecule has 3 N–H and O–H groups in total. The van der Waals surface area contributed by atoms with E-state index in [0.717, 1.165) is 11.3 Å². The predicted molar refractivity (Wildman–Crippen MR) is 161 cm³/mol. The van der Waals surface area contributed by atoms with Crippen molar-refractivity contribution in [1.82, 2.24) is 25.5 Å². The molecule has 1 fully saturated rings. The van der Waals surface area contributed by atoms with Gasteiger partial charge in [-0.15, -0.1) is 5.10 Å². The summed E-state index contributed by atoms with van der Waals surface area (Å²) in [6.45, 7) is 0.262. The summed E-state index contributed by atoms with van der Waals surface area (Å²) in [4.78, 5) is 41.8. The number of tetrazole rings is 1. The number of hydrogen-bond donors (Lipinski definition) is 3. The van der Waals surface area contributed by atoms with Crippen LogP contribution < -0.4 is 15.5 Å². The Bertz CT molecular complexity index is 1510. The molecule has 216 valence electrons. The van der Waals surface area contributed by atoms with Gasteiger partial charge in [0.2, 0.25) is 0 Å². The van der Waals surface area contributed by atoms with E-state index in [0.29, 0.717) is 22.7 Å². The minimum atomic E-state index is -0.372. The van der Waals surface area contributed by atoms with Gasteiger partial charge in [-0.05, 0) is 77.6 Å². The molecular formula is C31H34N8O3. The topological polar surface area (TPSA) is 136 Å². The number of nitrogens with one attached hydrogen (secondary N) is 3. The molecule has 1 saturated carbocycles. The van der Waals surface area contributed by atoms with Crippen LogP contribution in [0.4, 0.5) is 22.1 Å². The molecule has 1 aromatic heterocycles. The molecule has 0 saturated heterocycles. The van der Waals surface area contributed by atoms with Gasteiger partial charge >= 0.3 is 6.03 Å². The number of nitrogens with zero attached hydrogens (tertiary/aromatic N) is 5. The van der Waals surface area contributed by atoms with Crippen LogP contribution in [0, 0.1) is 0 Å². The number of benzene rings is 3. The predicted octanol–water partition coefficient (Wildman–Crippen LogP) is 5.44. The van der Waals surface area contributed by atoms with Crippen molar-refractivity contribution in [2.75, 3.05) is 29.6 Å². The number of anilines is 3. The molecule has 4 aromatic rings. The van der Waals surface area contributed by atoms with Gasteiger partial charge in [0, 0.05) is 36.6 Å². The SMILES string of the molecule is CN(C)C(=O)c1cccc(NC(=O)N(Cc2ccc(C(=O)Nc3nn[nH]n3)cc2)c2ccc(C3CCCCC3)cc2)c1. The van der Waals surface area contributed by atoms with Gasteiger partial charge in [-0.3, -0.25) is 19.8 Å². The van der Waals surface area contributed by atoms with Crippen LogP contribution in [0.1, 0.15) is 69.9 Å². The van der Waals surface area contributed by atoms with E-state index in [1.54, 1.807) is 67.5 Å². The van der Waals surface area contributed by atoms with Gasteiger partial charge in [-0.2, -0.15) is 5.21 Å². The second-order valence-corrected chi connectivity index (χ2v) is 10.6. The smallest absolute Gasteiger partial charge is 0.326 e. The number of H-pyrrole nitrogens is 1. The Kier molecular flexibility index (Phi) is 8.86. The molecule has 0 atom stereocenters. The van der Waals surface area contributed by atoms with E-state index in [1.165, 1.54) is 42.6 Å². The lowest BCUT2D eigenvalue weighted by atomic mass is 9.84. The fourth-order valence-electron chi connectivity index (χ4n) is 5.15. The molecule has 1 heterocycles. The molecule has 11 nitrogen and oxygen atoms in total. The molecule has 0 aliphatic heterocycles. The van der Waals surface area contributed by atoms with Crippen LogP contribution in [0.2, 0.25) is 0 Å². The molecule has 4 amide bonds. The van der Waals surface area contributed by atoms with Gasteiger partial charge in [0.25, 0.3) is 17.8 Å². The van der Waals surface area contributed by atoms with Crippen LogP contribution >= 0.6 is 0 Å². The van der Waals surface area contributed by atoms with Gasteiger partial charge in [-0.25, -0.2) is 4.79 Å². The van der Waals surface area contributed by atoms with Crippen molar-refractivity contribution in [3.8, 4) is 0 Å². The molecule has 1 aliphatic carbocycles. The highest BCUT2D eigenvalue weighted by atomic mass is 16.2. The number of rotatable bonds is 8. The Hall–Kier alpha value is -5.06. The molecular weight excluding hydrogens is 532 g/mol. The average Bonchev–Trinajstić information content (AvgIpc) is 3.53. The molecule has 0 radical (unpaired) electrons. The lowest BCUT2D eigenvalue weighted by Gasteiger charge is -2.26. The first-order chi connectivity index (χ1) is 20.4. The fraction of sp³-hybridized carbons (Fsp3) is 0.290. The molecule has 42 heavy (non-hydrogen) atoms. The summed E-state index contributed by atoms with van der Waals surface area (Å²) in [7, 11) is 3.37. The van der Waals surface area contributed by atoms with E-state index in [2.05, 4.69) is 43.4 Å². The van der Waals surface area contributed by atoms with Crippen LogP contribution in [-0.4, -0.2) is 57.5 Å². The van der Waals surface area contributed by atoms with Crippen molar-refractivity contribution in [3.05, 3.63) is 95.1 Å². The van der Waals surface area contributed by atoms with Gasteiger partial charge in [-0.1, -0.05) is 54.7 Å². The average molecular weight is 567 g/mol. The zero-order chi connectivity index (χ0) is 29.5. The van der Waals surface area contributed by atoms with E-state index in [-0.39, 0.29) is 30.3 Å². The summed E-state index contributed by atoms with van der Waals surface area (Å²) < 4.78 is 0. The highest BCUT2D eigenvalue weighted by molar-refractivity contribution is 6.04. The summed E-state index contributed by atoms with van der Waals surface area (Å²) in [5, 5.41) is 18.7. The number of amides is 4. The highest BCUT2D eigenvalue weighted by Gasteiger charge is 2.20. The van der Waals surface area contributed by atoms with Crippen molar-refractivity contribution < 1.29 is 14.4 Å². The summed E-state index contributed by atoms with van der Waals surface area (Å²) >= 11 is 0. The number of urea groups is 1. The van der Waals surface area contributed by atoms with Crippen LogP contribution in [0.15, 0.2) is 72.8 Å². The van der Waals surface area contributed by atoms with Gasteiger partial charge in [0.05, 0.1) is 6.54 Å². The largest absolute Gasteiger partial charge is 0.345 e. The quantitative estimate of drug-likeness (QED) is 0.260. The van der Waals surface area contributed by atoms with Crippen molar-refractivity contribution in [3.63, 3.8) is 0 Å². The van der Waals surface area contributed by atoms with Crippen molar-refractivity contribution in [2.24, 2.45) is 0 Å². The Balaban J connectivity index is 1.36. The zero-order valence-electron chi connectivity index (χ0n) is 23.7. The Morgan fingerprint density at radius 2 is 1.62 bits per heavy atom. The Morgan fingerprint density at radius 1 is 0.881 bits per heavy atom. The number of hydrogen-bond acceptors (Lipinski definition) is 6. The summed E-state index contributed by atoms with van der Waals surface area (Å²) in [5.41, 5.74) is 4.28. The first kappa shape index (κ1) is 28.5. The standard InChI is InChI=1S/C31H34N8O3/c1-38(2)29(41)25-9-6-10-26(19-25)32-31(42)39(27-17-15-23(16-18-27)22-7-4-3-5-8-22)20-21-11-13-24(14-12-21)28(40)33-30-34-36-37-35-30/h6,9-19,22H,3-5,7-8,20H2,1-2H3,(H,32,42)(H2,33,34,35,36,37,40). The highest BCUT2D eigenvalue weighted by Crippen LogP contribution is 2.33. The second-order valence-electron chi connectivity index (χ2n) is 10.6. The third-order valence-electron chi connectivity index (χ3n) is 7.42. The normalized spacial score (nSPS) is 13.3. The molecule has 5 rings (SSSR count). The first-order valence-corrected chi connectivity index (χ1v) is 14.0. The Morgan fingerprint density at radius 3 is 2.29 bits per heavy atom. The Labute approximate surface area is 244 Å². The van der Waals surface area contributed by atoms with E-state index in [1.807, 2.05) is 12.1 Å². The number of carbonyl (C=O) groups is 3. The maximum Gasteiger partial charge on any atom is 0.326 e. The van der Waals surface area contributed by atoms with Gasteiger partial charge in [0.15, 0.2) is 0 Å². The van der Waals surface area contributed by atoms with Crippen LogP contribution in [0.25, 0.3) is 0 Å². The summed E-state index contributed by atoms with van der Waals surface area (Å²) in [5.74, 6) is 0.117. The van der Waals surface area contributed by atoms with E-state index in [9.17, 15) is 14.4 Å². The molecule has 0 spiro atoms. The van der Waals surface area contributed by atoms with E-state index >= 15 is 0 Å². The maximum absolute atomic E-state index is 13.7. The van der Waals surface area contributed by atoms with Crippen LogP contribution in [0.3, 0.4) is 0 Å². The number of carbonyl (C=O) groups excluding carboxylic acids is 3. The fourth-order valence-corrected chi connectivity index (χ4v) is 5.15. The minimum absolute atomic E-state index is 0.0833. The van der Waals surface area contributed by atoms with Crippen molar-refractivity contribution in [2.45, 2.75) is 44.6 Å². The molecule has 11 heteroatoms. The molecule has 0 unspecified atom stereocenters. The second kappa shape index (κ2) is 13.1. The lowest BCUT2D eigenvalue weighted by molar-refractivity contribution is 0.0827. The zero-order valence-corrected chi connectivity index (χ0v) is 23.7. The van der Waals surface area contributed by atoms with E-state index < -0.39 is 0 Å². The molecule has 3 aromatic carbocycles. The summed E-state index contributed by atoms with van der Waals surface area (Å²) in [6.07, 6.45) is 6.18. The van der Waals surface area contributed by atoms with Crippen LogP contribution in [0.5, 0.6) is 0 Å². The van der Waals surface area contributed by atoms with Gasteiger partial charge in [0.1, 0.15) is 0 Å². The van der Waals surface area contributed by atoms with Gasteiger partial charge < -0.3 is 10.2 Å². The van der Waals surface area contributed by atoms with Crippen LogP contribution in [-0.2, 0) is 6.54 Å². The monoisotopic (exact) mass is 566 g/mol. The van der Waals surface area contributed by atoms with Crippen molar-refractivity contribution >= 4 is 35.2 Å². The first-order valence-electron chi connectivity index (χ1n) is 14.0. The lowest BCUT2D eigenvalue weighted by Crippen LogP contribution is -2.34. The van der Waals surface area contributed by atoms with Crippen molar-refractivity contribution in [1.29, 1.82) is 0 Å². The third-order valence-corrected chi connectivity index (χ3v) is 7.42. The molecule has 1 aliphatic rings. The number of aromatic nitrogens is 4.